The maximum Gasteiger partial charge on any atom is 0.335 e. The summed E-state index contributed by atoms with van der Waals surface area (Å²) >= 11 is 1.50. The SMILES string of the molecule is CSc1cccc(NS(=O)(=O)c2cc(C(=O)O)cc(C)c2C)c1. The molecular weight excluding hydrogens is 334 g/mol. The van der Waals surface area contributed by atoms with Crippen LogP contribution in [0.4, 0.5) is 5.69 Å². The minimum atomic E-state index is -3.87. The van der Waals surface area contributed by atoms with Crippen LogP contribution >= 0.6 is 11.8 Å². The van der Waals surface area contributed by atoms with Crippen molar-refractivity contribution in [2.24, 2.45) is 0 Å². The second-order valence-corrected chi connectivity index (χ2v) is 7.59. The zero-order valence-electron chi connectivity index (χ0n) is 13.0. The average Bonchev–Trinajstić information content (AvgIpc) is 2.49. The molecule has 0 aliphatic rings. The number of carboxylic acids is 1. The minimum Gasteiger partial charge on any atom is -0.478 e. The van der Waals surface area contributed by atoms with E-state index in [2.05, 4.69) is 4.72 Å². The molecule has 0 spiro atoms. The highest BCUT2D eigenvalue weighted by Gasteiger charge is 2.21. The van der Waals surface area contributed by atoms with E-state index in [4.69, 9.17) is 5.11 Å². The van der Waals surface area contributed by atoms with Gasteiger partial charge in [-0.25, -0.2) is 13.2 Å². The van der Waals surface area contributed by atoms with Gasteiger partial charge in [0.25, 0.3) is 10.0 Å². The van der Waals surface area contributed by atoms with Crippen LogP contribution < -0.4 is 4.72 Å². The van der Waals surface area contributed by atoms with Crippen molar-refractivity contribution in [1.82, 2.24) is 0 Å². The summed E-state index contributed by atoms with van der Waals surface area (Å²) in [5.41, 5.74) is 1.53. The third-order valence-electron chi connectivity index (χ3n) is 3.48. The van der Waals surface area contributed by atoms with Gasteiger partial charge in [0.1, 0.15) is 0 Å². The van der Waals surface area contributed by atoms with Gasteiger partial charge in [-0.3, -0.25) is 4.72 Å². The molecule has 0 aliphatic heterocycles. The summed E-state index contributed by atoms with van der Waals surface area (Å²) in [6.45, 7) is 3.35. The molecule has 0 heterocycles. The number of sulfonamides is 1. The largest absolute Gasteiger partial charge is 0.478 e. The Kier molecular flexibility index (Phi) is 5.01. The third kappa shape index (κ3) is 3.86. The Bertz CT molecular complexity index is 860. The monoisotopic (exact) mass is 351 g/mol. The Hall–Kier alpha value is -1.99. The van der Waals surface area contributed by atoms with Crippen LogP contribution in [0.15, 0.2) is 46.2 Å². The Morgan fingerprint density at radius 1 is 1.17 bits per heavy atom. The summed E-state index contributed by atoms with van der Waals surface area (Å²) in [7, 11) is -3.87. The first-order chi connectivity index (χ1) is 10.7. The maximum atomic E-state index is 12.6. The van der Waals surface area contributed by atoms with Gasteiger partial charge in [0.05, 0.1) is 10.5 Å². The molecule has 0 radical (unpaired) electrons. The number of hydrogen-bond donors (Lipinski definition) is 2. The predicted octanol–water partition coefficient (Wildman–Crippen LogP) is 3.52. The number of benzene rings is 2. The first kappa shape index (κ1) is 17.4. The zero-order valence-corrected chi connectivity index (χ0v) is 14.6. The fraction of sp³-hybridized carbons (Fsp3) is 0.188. The molecule has 0 fully saturated rings. The highest BCUT2D eigenvalue weighted by atomic mass is 32.2. The van der Waals surface area contributed by atoms with E-state index in [1.54, 1.807) is 32.0 Å². The van der Waals surface area contributed by atoms with Crippen molar-refractivity contribution in [3.8, 4) is 0 Å². The normalized spacial score (nSPS) is 11.3. The van der Waals surface area contributed by atoms with Crippen LogP contribution in [0.2, 0.25) is 0 Å². The van der Waals surface area contributed by atoms with Gasteiger partial charge >= 0.3 is 5.97 Å². The quantitative estimate of drug-likeness (QED) is 0.805. The predicted molar refractivity (Wildman–Crippen MR) is 91.9 cm³/mol. The number of carboxylic acid groups (broad SMARTS) is 1. The van der Waals surface area contributed by atoms with Crippen molar-refractivity contribution in [1.29, 1.82) is 0 Å². The van der Waals surface area contributed by atoms with Crippen molar-refractivity contribution in [3.63, 3.8) is 0 Å². The Morgan fingerprint density at radius 2 is 1.87 bits per heavy atom. The summed E-state index contributed by atoms with van der Waals surface area (Å²) in [6.07, 6.45) is 1.90. The Balaban J connectivity index is 2.49. The van der Waals surface area contributed by atoms with Gasteiger partial charge in [-0.05, 0) is 61.6 Å². The molecule has 5 nitrogen and oxygen atoms in total. The second-order valence-electron chi connectivity index (χ2n) is 5.06. The molecule has 7 heteroatoms. The molecule has 2 aromatic rings. The molecule has 122 valence electrons. The van der Waals surface area contributed by atoms with Crippen molar-refractivity contribution in [3.05, 3.63) is 53.1 Å². The lowest BCUT2D eigenvalue weighted by atomic mass is 10.1. The van der Waals surface area contributed by atoms with E-state index in [0.29, 0.717) is 16.8 Å². The standard InChI is InChI=1S/C16H17NO4S2/c1-10-7-12(16(18)19)8-15(11(10)2)23(20,21)17-13-5-4-6-14(9-13)22-3/h4-9,17H,1-3H3,(H,18,19). The summed E-state index contributed by atoms with van der Waals surface area (Å²) < 4.78 is 27.8. The first-order valence-corrected chi connectivity index (χ1v) is 9.47. The lowest BCUT2D eigenvalue weighted by molar-refractivity contribution is 0.0696. The topological polar surface area (TPSA) is 83.5 Å². The van der Waals surface area contributed by atoms with Gasteiger partial charge in [-0.2, -0.15) is 0 Å². The number of nitrogens with one attached hydrogen (secondary N) is 1. The molecule has 2 rings (SSSR count). The second kappa shape index (κ2) is 6.64. The maximum absolute atomic E-state index is 12.6. The molecule has 0 aromatic heterocycles. The van der Waals surface area contributed by atoms with Crippen LogP contribution in [-0.2, 0) is 10.0 Å². The summed E-state index contributed by atoms with van der Waals surface area (Å²) in [5, 5.41) is 9.13. The number of carbonyl (C=O) groups is 1. The van der Waals surface area contributed by atoms with Crippen LogP contribution in [0.25, 0.3) is 0 Å². The van der Waals surface area contributed by atoms with E-state index in [9.17, 15) is 13.2 Å². The number of thioether (sulfide) groups is 1. The molecule has 0 aliphatic carbocycles. The molecule has 0 amide bonds. The van der Waals surface area contributed by atoms with E-state index >= 15 is 0 Å². The summed E-state index contributed by atoms with van der Waals surface area (Å²) in [6, 6.07) is 9.67. The van der Waals surface area contributed by atoms with E-state index < -0.39 is 16.0 Å². The number of aromatic carboxylic acids is 1. The van der Waals surface area contributed by atoms with Gasteiger partial charge in [0.2, 0.25) is 0 Å². The third-order valence-corrected chi connectivity index (χ3v) is 5.71. The van der Waals surface area contributed by atoms with E-state index in [1.807, 2.05) is 12.3 Å². The van der Waals surface area contributed by atoms with Crippen molar-refractivity contribution in [2.45, 2.75) is 23.6 Å². The van der Waals surface area contributed by atoms with Crippen molar-refractivity contribution >= 4 is 33.4 Å². The molecule has 0 unspecified atom stereocenters. The van der Waals surface area contributed by atoms with Gasteiger partial charge < -0.3 is 5.11 Å². The summed E-state index contributed by atoms with van der Waals surface area (Å²) in [4.78, 5) is 12.1. The van der Waals surface area contributed by atoms with Crippen LogP contribution in [-0.4, -0.2) is 25.7 Å². The van der Waals surface area contributed by atoms with Gasteiger partial charge in [-0.15, -0.1) is 11.8 Å². The average molecular weight is 351 g/mol. The molecule has 0 atom stereocenters. The van der Waals surface area contributed by atoms with Crippen LogP contribution in [0.3, 0.4) is 0 Å². The smallest absolute Gasteiger partial charge is 0.335 e. The van der Waals surface area contributed by atoms with Crippen LogP contribution in [0.1, 0.15) is 21.5 Å². The molecule has 0 bridgehead atoms. The molecule has 2 N–H and O–H groups in total. The van der Waals surface area contributed by atoms with Crippen LogP contribution in [0.5, 0.6) is 0 Å². The molecular formula is C16H17NO4S2. The Morgan fingerprint density at radius 3 is 2.48 bits per heavy atom. The molecule has 0 saturated heterocycles. The van der Waals surface area contributed by atoms with E-state index in [1.165, 1.54) is 23.9 Å². The fourth-order valence-electron chi connectivity index (χ4n) is 2.13. The van der Waals surface area contributed by atoms with Crippen molar-refractivity contribution in [2.75, 3.05) is 11.0 Å². The Labute approximate surface area is 139 Å². The van der Waals surface area contributed by atoms with E-state index in [0.717, 1.165) is 4.90 Å². The first-order valence-electron chi connectivity index (χ1n) is 6.76. The highest BCUT2D eigenvalue weighted by molar-refractivity contribution is 7.98. The number of anilines is 1. The number of aryl methyl sites for hydroxylation is 1. The van der Waals surface area contributed by atoms with Crippen LogP contribution in [0, 0.1) is 13.8 Å². The number of rotatable bonds is 5. The molecule has 2 aromatic carbocycles. The lowest BCUT2D eigenvalue weighted by Gasteiger charge is -2.13. The van der Waals surface area contributed by atoms with Gasteiger partial charge in [-0.1, -0.05) is 6.07 Å². The lowest BCUT2D eigenvalue weighted by Crippen LogP contribution is -2.16. The molecule has 23 heavy (non-hydrogen) atoms. The van der Waals surface area contributed by atoms with E-state index in [-0.39, 0.29) is 10.5 Å². The summed E-state index contributed by atoms with van der Waals surface area (Å²) in [5.74, 6) is -1.16. The van der Waals surface area contributed by atoms with Gasteiger partial charge in [0.15, 0.2) is 0 Å². The molecule has 0 saturated carbocycles. The van der Waals surface area contributed by atoms with Crippen molar-refractivity contribution < 1.29 is 18.3 Å². The highest BCUT2D eigenvalue weighted by Crippen LogP contribution is 2.25. The zero-order chi connectivity index (χ0) is 17.2. The van der Waals surface area contributed by atoms with Gasteiger partial charge in [0, 0.05) is 10.6 Å². The number of hydrogen-bond acceptors (Lipinski definition) is 4. The minimum absolute atomic E-state index is 0.0237. The fourth-order valence-corrected chi connectivity index (χ4v) is 3.98.